The van der Waals surface area contributed by atoms with E-state index in [2.05, 4.69) is 13.8 Å². The van der Waals surface area contributed by atoms with Crippen LogP contribution >= 0.6 is 0 Å². The van der Waals surface area contributed by atoms with Gasteiger partial charge in [-0.25, -0.2) is 0 Å². The fraction of sp³-hybridized carbons (Fsp3) is 0.941. The lowest BCUT2D eigenvalue weighted by molar-refractivity contribution is -0.160. The molecule has 0 amide bonds. The van der Waals surface area contributed by atoms with Crippen LogP contribution in [0.2, 0.25) is 0 Å². The van der Waals surface area contributed by atoms with Gasteiger partial charge in [0.05, 0.1) is 5.41 Å². The molecule has 0 spiro atoms. The molecule has 0 rings (SSSR count). The van der Waals surface area contributed by atoms with Crippen molar-refractivity contribution in [3.05, 3.63) is 0 Å². The van der Waals surface area contributed by atoms with Crippen LogP contribution in [-0.4, -0.2) is 12.1 Å². The van der Waals surface area contributed by atoms with Crippen molar-refractivity contribution in [1.82, 2.24) is 0 Å². The number of carbonyl (C=O) groups is 1. The van der Waals surface area contributed by atoms with Gasteiger partial charge in [0.25, 0.3) is 0 Å². The summed E-state index contributed by atoms with van der Waals surface area (Å²) in [7, 11) is 0. The molecule has 0 saturated carbocycles. The van der Waals surface area contributed by atoms with Crippen LogP contribution in [0.1, 0.15) is 86.5 Å². The molecule has 2 heteroatoms. The van der Waals surface area contributed by atoms with E-state index in [0.717, 1.165) is 6.42 Å². The van der Waals surface area contributed by atoms with Gasteiger partial charge in [-0.2, -0.15) is 0 Å². The van der Waals surface area contributed by atoms with Crippen LogP contribution in [0.4, 0.5) is 0 Å². The Morgan fingerprint density at radius 2 is 1.53 bits per heavy atom. The molecule has 0 heterocycles. The van der Waals surface area contributed by atoms with Crippen molar-refractivity contribution < 1.29 is 9.53 Å². The van der Waals surface area contributed by atoms with E-state index in [9.17, 15) is 4.79 Å². The highest BCUT2D eigenvalue weighted by Gasteiger charge is 2.26. The Morgan fingerprint density at radius 1 is 1.00 bits per heavy atom. The van der Waals surface area contributed by atoms with E-state index in [1.54, 1.807) is 0 Å². The summed E-state index contributed by atoms with van der Waals surface area (Å²) in [6, 6.07) is 0. The third-order valence-electron chi connectivity index (χ3n) is 3.72. The van der Waals surface area contributed by atoms with Gasteiger partial charge in [0.15, 0.2) is 0 Å². The van der Waals surface area contributed by atoms with Gasteiger partial charge in [-0.3, -0.25) is 4.79 Å². The van der Waals surface area contributed by atoms with Crippen LogP contribution in [0.3, 0.4) is 0 Å². The van der Waals surface area contributed by atoms with Crippen LogP contribution in [0, 0.1) is 11.3 Å². The highest BCUT2D eigenvalue weighted by Crippen LogP contribution is 2.21. The largest absolute Gasteiger partial charge is 0.462 e. The Hall–Kier alpha value is -0.530. The van der Waals surface area contributed by atoms with E-state index >= 15 is 0 Å². The molecule has 0 saturated heterocycles. The minimum absolute atomic E-state index is 0.0300. The molecule has 0 aliphatic heterocycles. The molecule has 0 aliphatic rings. The van der Waals surface area contributed by atoms with Gasteiger partial charge in [-0.1, -0.05) is 52.4 Å². The monoisotopic (exact) mass is 270 g/mol. The Morgan fingerprint density at radius 3 is 2.05 bits per heavy atom. The Bertz CT molecular complexity index is 240. The van der Waals surface area contributed by atoms with E-state index in [-0.39, 0.29) is 12.1 Å². The summed E-state index contributed by atoms with van der Waals surface area (Å²) in [5, 5.41) is 0. The average Bonchev–Trinajstić information content (AvgIpc) is 2.31. The van der Waals surface area contributed by atoms with Gasteiger partial charge in [0, 0.05) is 0 Å². The number of hydrogen-bond donors (Lipinski definition) is 0. The van der Waals surface area contributed by atoms with Gasteiger partial charge in [0.1, 0.15) is 6.10 Å². The third-order valence-corrected chi connectivity index (χ3v) is 3.72. The lowest BCUT2D eigenvalue weighted by Crippen LogP contribution is -2.30. The lowest BCUT2D eigenvalue weighted by atomic mass is 9.95. The van der Waals surface area contributed by atoms with E-state index in [4.69, 9.17) is 4.74 Å². The summed E-state index contributed by atoms with van der Waals surface area (Å²) in [5.74, 6) is 0.368. The Balaban J connectivity index is 3.76. The number of unbranched alkanes of at least 4 members (excludes halogenated alkanes) is 5. The molecule has 0 aromatic heterocycles. The minimum Gasteiger partial charge on any atom is -0.462 e. The first-order valence-electron chi connectivity index (χ1n) is 8.00. The molecule has 0 aromatic carbocycles. The zero-order valence-corrected chi connectivity index (χ0v) is 13.9. The van der Waals surface area contributed by atoms with Crippen LogP contribution < -0.4 is 0 Å². The molecule has 0 aliphatic carbocycles. The van der Waals surface area contributed by atoms with Crippen LogP contribution in [0.15, 0.2) is 0 Å². The molecule has 114 valence electrons. The Labute approximate surface area is 120 Å². The predicted octanol–water partition coefficient (Wildman–Crippen LogP) is 5.35. The smallest absolute Gasteiger partial charge is 0.311 e. The quantitative estimate of drug-likeness (QED) is 0.417. The topological polar surface area (TPSA) is 26.3 Å². The van der Waals surface area contributed by atoms with Crippen LogP contribution in [0.25, 0.3) is 0 Å². The summed E-state index contributed by atoms with van der Waals surface area (Å²) in [5.41, 5.74) is -0.395. The van der Waals surface area contributed by atoms with E-state index in [1.165, 1.54) is 38.5 Å². The number of hydrogen-bond acceptors (Lipinski definition) is 2. The third kappa shape index (κ3) is 9.07. The first kappa shape index (κ1) is 18.5. The molecule has 0 fully saturated rings. The maximum absolute atomic E-state index is 11.8. The molecular formula is C17H34O2. The van der Waals surface area contributed by atoms with Crippen LogP contribution in [0.5, 0.6) is 0 Å². The summed E-state index contributed by atoms with van der Waals surface area (Å²) >= 11 is 0. The predicted molar refractivity (Wildman–Crippen MR) is 82.2 cm³/mol. The molecule has 2 unspecified atom stereocenters. The highest BCUT2D eigenvalue weighted by atomic mass is 16.5. The maximum Gasteiger partial charge on any atom is 0.311 e. The molecule has 19 heavy (non-hydrogen) atoms. The summed E-state index contributed by atoms with van der Waals surface area (Å²) in [4.78, 5) is 11.8. The van der Waals surface area contributed by atoms with Crippen molar-refractivity contribution in [2.75, 3.05) is 0 Å². The van der Waals surface area contributed by atoms with Crippen molar-refractivity contribution in [3.63, 3.8) is 0 Å². The van der Waals surface area contributed by atoms with Crippen LogP contribution in [-0.2, 0) is 9.53 Å². The molecule has 0 N–H and O–H groups in total. The molecule has 0 aromatic rings. The molecule has 2 atom stereocenters. The van der Waals surface area contributed by atoms with Gasteiger partial charge in [-0.05, 0) is 40.0 Å². The molecular weight excluding hydrogens is 236 g/mol. The summed E-state index contributed by atoms with van der Waals surface area (Å²) in [6.07, 6.45) is 9.11. The van der Waals surface area contributed by atoms with E-state index < -0.39 is 5.41 Å². The fourth-order valence-electron chi connectivity index (χ4n) is 1.94. The average molecular weight is 270 g/mol. The SMILES string of the molecule is CCCCCCCCC(C)C(C)OC(=O)C(C)(C)C. The number of ether oxygens (including phenoxy) is 1. The van der Waals surface area contributed by atoms with Crippen molar-refractivity contribution in [2.45, 2.75) is 92.6 Å². The summed E-state index contributed by atoms with van der Waals surface area (Å²) < 4.78 is 5.53. The minimum atomic E-state index is -0.395. The van der Waals surface area contributed by atoms with Crippen molar-refractivity contribution in [2.24, 2.45) is 11.3 Å². The lowest BCUT2D eigenvalue weighted by Gasteiger charge is -2.25. The number of carbonyl (C=O) groups excluding carboxylic acids is 1. The molecule has 0 bridgehead atoms. The second-order valence-electron chi connectivity index (χ2n) is 6.89. The van der Waals surface area contributed by atoms with Crippen molar-refractivity contribution in [3.8, 4) is 0 Å². The summed E-state index contributed by atoms with van der Waals surface area (Å²) in [6.45, 7) is 12.2. The molecule has 2 nitrogen and oxygen atoms in total. The van der Waals surface area contributed by atoms with E-state index in [1.807, 2.05) is 27.7 Å². The maximum atomic E-state index is 11.8. The van der Waals surface area contributed by atoms with Gasteiger partial charge in [-0.15, -0.1) is 0 Å². The highest BCUT2D eigenvalue weighted by molar-refractivity contribution is 5.75. The normalized spacial score (nSPS) is 15.1. The van der Waals surface area contributed by atoms with E-state index in [0.29, 0.717) is 5.92 Å². The van der Waals surface area contributed by atoms with Gasteiger partial charge < -0.3 is 4.74 Å². The van der Waals surface area contributed by atoms with Gasteiger partial charge >= 0.3 is 5.97 Å². The first-order chi connectivity index (χ1) is 8.79. The number of esters is 1. The van der Waals surface area contributed by atoms with Crippen molar-refractivity contribution in [1.29, 1.82) is 0 Å². The standard InChI is InChI=1S/C17H34O2/c1-7-8-9-10-11-12-13-14(2)15(3)19-16(18)17(4,5)6/h14-15H,7-13H2,1-6H3. The van der Waals surface area contributed by atoms with Crippen molar-refractivity contribution >= 4 is 5.97 Å². The zero-order valence-electron chi connectivity index (χ0n) is 13.9. The number of rotatable bonds is 9. The zero-order chi connectivity index (χ0) is 14.9. The second-order valence-corrected chi connectivity index (χ2v) is 6.89. The molecule has 0 radical (unpaired) electrons. The fourth-order valence-corrected chi connectivity index (χ4v) is 1.94. The first-order valence-corrected chi connectivity index (χ1v) is 8.00. The van der Waals surface area contributed by atoms with Gasteiger partial charge in [0.2, 0.25) is 0 Å². The second kappa shape index (κ2) is 9.39. The Kier molecular flexibility index (Phi) is 9.12.